The zero-order valence-electron chi connectivity index (χ0n) is 13.8. The molecule has 0 bridgehead atoms. The minimum absolute atomic E-state index is 0. The molecule has 131 valence electrons. The molecular weight excluding hydrogens is 497 g/mol. The second kappa shape index (κ2) is 9.82. The molecule has 0 fully saturated rings. The van der Waals surface area contributed by atoms with Gasteiger partial charge in [-0.2, -0.15) is 0 Å². The first-order chi connectivity index (χ1) is 11.5. The number of nitrogens with zero attached hydrogens (tertiary/aromatic N) is 1. The van der Waals surface area contributed by atoms with Gasteiger partial charge in [-0.15, -0.1) is 24.3 Å². The number of halogens is 1. The number of benzene rings is 2. The van der Waals surface area contributed by atoms with Crippen molar-refractivity contribution in [3.05, 3.63) is 78.3 Å². The third-order valence-corrected chi connectivity index (χ3v) is 3.07. The summed E-state index contributed by atoms with van der Waals surface area (Å²) in [7, 11) is 0. The van der Waals surface area contributed by atoms with Crippen molar-refractivity contribution in [3.63, 3.8) is 0 Å². The molecule has 3 rings (SSSR count). The van der Waals surface area contributed by atoms with Crippen LogP contribution < -0.4 is 0 Å². The molecule has 0 atom stereocenters. The number of aliphatic hydroxyl groups excluding tert-OH is 1. The number of hydrogen-bond acceptors (Lipinski definition) is 3. The smallest absolute Gasteiger partial charge is 0.155 e. The van der Waals surface area contributed by atoms with Gasteiger partial charge in [0, 0.05) is 32.0 Å². The van der Waals surface area contributed by atoms with Crippen molar-refractivity contribution in [2.75, 3.05) is 0 Å². The third kappa shape index (κ3) is 6.22. The van der Waals surface area contributed by atoms with E-state index in [1.807, 2.05) is 36.4 Å². The van der Waals surface area contributed by atoms with Crippen LogP contribution in [0.25, 0.3) is 22.2 Å². The van der Waals surface area contributed by atoms with E-state index in [1.165, 1.54) is 26.0 Å². The van der Waals surface area contributed by atoms with Gasteiger partial charge < -0.3 is 5.11 Å². The van der Waals surface area contributed by atoms with Gasteiger partial charge >= 0.3 is 0 Å². The Bertz CT molecular complexity index is 890. The van der Waals surface area contributed by atoms with E-state index >= 15 is 0 Å². The molecule has 0 saturated carbocycles. The Morgan fingerprint density at radius 3 is 2.44 bits per heavy atom. The Balaban J connectivity index is 0.000000339. The summed E-state index contributed by atoms with van der Waals surface area (Å²) in [5.74, 6) is -0.359. The van der Waals surface area contributed by atoms with E-state index in [0.717, 1.165) is 10.9 Å². The summed E-state index contributed by atoms with van der Waals surface area (Å²) >= 11 is 0. The van der Waals surface area contributed by atoms with Gasteiger partial charge in [0.25, 0.3) is 0 Å². The van der Waals surface area contributed by atoms with E-state index in [0.29, 0.717) is 11.3 Å². The molecule has 5 heteroatoms. The number of carbonyl (C=O) groups excluding carboxylic acids is 1. The largest absolute Gasteiger partial charge is 0.512 e. The minimum atomic E-state index is -0.296. The molecule has 1 radical (unpaired) electrons. The fraction of sp³-hybridized carbons (Fsp3) is 0.100. The number of allylic oxidation sites excluding steroid dienone is 2. The quantitative estimate of drug-likeness (QED) is 0.302. The van der Waals surface area contributed by atoms with Crippen LogP contribution in [-0.4, -0.2) is 15.9 Å². The molecule has 25 heavy (non-hydrogen) atoms. The summed E-state index contributed by atoms with van der Waals surface area (Å²) in [6.45, 7) is 2.85. The van der Waals surface area contributed by atoms with Gasteiger partial charge in [0.2, 0.25) is 0 Å². The number of para-hydroxylation sites is 1. The summed E-state index contributed by atoms with van der Waals surface area (Å²) in [4.78, 5) is 14.5. The Hall–Kier alpha value is -2.36. The SMILES string of the molecule is CC(=O)/C=C(/C)O.Fc1ccc[c-]c1-c1ccc2ccccc2n1.[Ir]. The third-order valence-electron chi connectivity index (χ3n) is 3.07. The van der Waals surface area contributed by atoms with Crippen LogP contribution in [0.5, 0.6) is 0 Å². The molecule has 0 spiro atoms. The maximum absolute atomic E-state index is 13.6. The molecule has 0 aliphatic heterocycles. The van der Waals surface area contributed by atoms with Crippen LogP contribution in [0.15, 0.2) is 66.4 Å². The van der Waals surface area contributed by atoms with E-state index in [9.17, 15) is 9.18 Å². The second-order valence-electron chi connectivity index (χ2n) is 5.18. The van der Waals surface area contributed by atoms with Crippen molar-refractivity contribution in [1.82, 2.24) is 4.98 Å². The number of pyridine rings is 1. The molecule has 2 aromatic carbocycles. The fourth-order valence-corrected chi connectivity index (χ4v) is 2.11. The van der Waals surface area contributed by atoms with Crippen molar-refractivity contribution < 1.29 is 34.4 Å². The molecule has 0 saturated heterocycles. The Labute approximate surface area is 159 Å². The van der Waals surface area contributed by atoms with Gasteiger partial charge in [0.1, 0.15) is 0 Å². The van der Waals surface area contributed by atoms with Gasteiger partial charge in [0.05, 0.1) is 11.3 Å². The summed E-state index contributed by atoms with van der Waals surface area (Å²) in [5, 5.41) is 9.41. The Kier molecular flexibility index (Phi) is 8.12. The van der Waals surface area contributed by atoms with E-state index in [4.69, 9.17) is 5.11 Å². The van der Waals surface area contributed by atoms with E-state index in [-0.39, 0.29) is 37.5 Å². The summed E-state index contributed by atoms with van der Waals surface area (Å²) in [6, 6.07) is 19.2. The summed E-state index contributed by atoms with van der Waals surface area (Å²) < 4.78 is 13.6. The predicted molar refractivity (Wildman–Crippen MR) is 93.0 cm³/mol. The van der Waals surface area contributed by atoms with Gasteiger partial charge in [-0.05, 0) is 31.0 Å². The van der Waals surface area contributed by atoms with Crippen LogP contribution in [0, 0.1) is 11.9 Å². The van der Waals surface area contributed by atoms with Crippen molar-refractivity contribution in [2.24, 2.45) is 0 Å². The summed E-state index contributed by atoms with van der Waals surface area (Å²) in [6.07, 6.45) is 1.17. The molecule has 0 amide bonds. The van der Waals surface area contributed by atoms with Gasteiger partial charge in [-0.1, -0.05) is 35.9 Å². The normalized spacial score (nSPS) is 10.4. The van der Waals surface area contributed by atoms with Crippen LogP contribution in [0.4, 0.5) is 4.39 Å². The first-order valence-electron chi connectivity index (χ1n) is 7.37. The number of rotatable bonds is 2. The first kappa shape index (κ1) is 20.7. The van der Waals surface area contributed by atoms with Crippen molar-refractivity contribution >= 4 is 16.7 Å². The van der Waals surface area contributed by atoms with Crippen LogP contribution in [-0.2, 0) is 24.9 Å². The van der Waals surface area contributed by atoms with E-state index in [1.54, 1.807) is 12.1 Å². The van der Waals surface area contributed by atoms with Crippen molar-refractivity contribution in [2.45, 2.75) is 13.8 Å². The van der Waals surface area contributed by atoms with Crippen LogP contribution >= 0.6 is 0 Å². The standard InChI is InChI=1S/C15H9FN.C5H8O2.Ir/c16-13-7-3-2-6-12(13)15-10-9-11-5-1-4-8-14(11)17-15;1-4(6)3-5(2)7;/h1-5,7-10H;3,6H,1-2H3;/q-1;;/b;4-3-;. The first-order valence-corrected chi connectivity index (χ1v) is 7.37. The van der Waals surface area contributed by atoms with Gasteiger partial charge in [-0.25, -0.2) is 0 Å². The molecule has 1 N–H and O–H groups in total. The predicted octanol–water partition coefficient (Wildman–Crippen LogP) is 4.88. The number of aromatic nitrogens is 1. The van der Waals surface area contributed by atoms with Gasteiger partial charge in [-0.3, -0.25) is 14.2 Å². The maximum Gasteiger partial charge on any atom is 0.155 e. The number of fused-ring (bicyclic) bond motifs is 1. The molecule has 3 aromatic rings. The average molecular weight is 515 g/mol. The molecule has 1 heterocycles. The number of hydrogen-bond donors (Lipinski definition) is 1. The van der Waals surface area contributed by atoms with Crippen LogP contribution in [0.2, 0.25) is 0 Å². The average Bonchev–Trinajstić information content (AvgIpc) is 2.54. The summed E-state index contributed by atoms with van der Waals surface area (Å²) in [5.41, 5.74) is 1.89. The zero-order chi connectivity index (χ0) is 17.5. The second-order valence-corrected chi connectivity index (χ2v) is 5.18. The van der Waals surface area contributed by atoms with E-state index in [2.05, 4.69) is 11.1 Å². The molecule has 1 aromatic heterocycles. The molecular formula is C20H17FIrNO2-. The van der Waals surface area contributed by atoms with Crippen LogP contribution in [0.3, 0.4) is 0 Å². The maximum atomic E-state index is 13.6. The zero-order valence-corrected chi connectivity index (χ0v) is 16.2. The van der Waals surface area contributed by atoms with Gasteiger partial charge in [0.15, 0.2) is 5.78 Å². The minimum Gasteiger partial charge on any atom is -0.512 e. The van der Waals surface area contributed by atoms with Crippen LogP contribution in [0.1, 0.15) is 13.8 Å². The molecule has 0 aliphatic carbocycles. The molecule has 0 unspecified atom stereocenters. The Morgan fingerprint density at radius 1 is 1.12 bits per heavy atom. The number of ketones is 1. The van der Waals surface area contributed by atoms with Crippen molar-refractivity contribution in [3.8, 4) is 11.3 Å². The number of carbonyl (C=O) groups is 1. The topological polar surface area (TPSA) is 50.2 Å². The van der Waals surface area contributed by atoms with Crippen molar-refractivity contribution in [1.29, 1.82) is 0 Å². The number of aliphatic hydroxyl groups is 1. The Morgan fingerprint density at radius 2 is 1.84 bits per heavy atom. The molecule has 0 aliphatic rings. The molecule has 3 nitrogen and oxygen atoms in total. The van der Waals surface area contributed by atoms with E-state index < -0.39 is 0 Å². The fourth-order valence-electron chi connectivity index (χ4n) is 2.11. The monoisotopic (exact) mass is 515 g/mol.